The summed E-state index contributed by atoms with van der Waals surface area (Å²) < 4.78 is 0. The van der Waals surface area contributed by atoms with E-state index >= 15 is 0 Å². The third-order valence-corrected chi connectivity index (χ3v) is 12.9. The maximum Gasteiger partial charge on any atom is -0.0250 e. The topological polar surface area (TPSA) is 0 Å². The summed E-state index contributed by atoms with van der Waals surface area (Å²) in [6.07, 6.45) is 0. The van der Waals surface area contributed by atoms with Crippen LogP contribution in [-0.4, -0.2) is 5.43 Å². The molecule has 8 aromatic carbocycles. The number of fused-ring (bicyclic) bond motifs is 5. The minimum atomic E-state index is -0.122. The van der Waals surface area contributed by atoms with Gasteiger partial charge in [0.05, 0.1) is 0 Å². The first-order chi connectivity index (χ1) is 23.8. The Bertz CT molecular complexity index is 2330. The maximum absolute atomic E-state index is 2.35. The van der Waals surface area contributed by atoms with Crippen LogP contribution >= 0.6 is 0 Å². The first kappa shape index (κ1) is 41.5. The first-order valence-corrected chi connectivity index (χ1v) is 23.4. The van der Waals surface area contributed by atoms with Gasteiger partial charge in [-0.15, -0.1) is 74.3 Å². The van der Waals surface area contributed by atoms with Crippen LogP contribution in [0, 0.1) is 6.92 Å². The number of aryl methyl sites for hydroxylation is 1. The third-order valence-electron chi connectivity index (χ3n) is 9.58. The van der Waals surface area contributed by atoms with E-state index in [2.05, 4.69) is 201 Å². The van der Waals surface area contributed by atoms with Crippen molar-refractivity contribution in [1.82, 2.24) is 0 Å². The molecule has 0 radical (unpaired) electrons. The van der Waals surface area contributed by atoms with Crippen molar-refractivity contribution in [3.05, 3.63) is 162 Å². The van der Waals surface area contributed by atoms with E-state index in [4.69, 9.17) is 0 Å². The predicted molar refractivity (Wildman–Crippen MR) is 219 cm³/mol. The van der Waals surface area contributed by atoms with Crippen LogP contribution < -0.4 is 30.0 Å². The monoisotopic (exact) mass is 812 g/mol. The van der Waals surface area contributed by atoms with Gasteiger partial charge in [0.15, 0.2) is 0 Å². The summed E-state index contributed by atoms with van der Waals surface area (Å²) in [6, 6.07) is 53.2. The third kappa shape index (κ3) is 9.64. The molecular weight excluding hydrogens is 767 g/mol. The van der Waals surface area contributed by atoms with Gasteiger partial charge in [-0.2, -0.15) is 0 Å². The van der Waals surface area contributed by atoms with Gasteiger partial charge in [0.25, 0.3) is 0 Å². The van der Waals surface area contributed by atoms with Gasteiger partial charge in [0.2, 0.25) is 0 Å². The van der Waals surface area contributed by atoms with Gasteiger partial charge in [0.1, 0.15) is 0 Å². The van der Waals surface area contributed by atoms with Crippen molar-refractivity contribution < 1.29 is 48.1 Å². The van der Waals surface area contributed by atoms with Crippen LogP contribution in [0.3, 0.4) is 0 Å². The Kier molecular flexibility index (Phi) is 13.8. The Labute approximate surface area is 338 Å². The van der Waals surface area contributed by atoms with Crippen molar-refractivity contribution >= 4 is 53.7 Å². The van der Waals surface area contributed by atoms with Crippen molar-refractivity contribution in [3.63, 3.8) is 0 Å². The molecule has 0 aliphatic carbocycles. The summed E-state index contributed by atoms with van der Waals surface area (Å²) in [5.74, 6) is 0. The van der Waals surface area contributed by atoms with E-state index in [-0.39, 0.29) is 41.1 Å². The second-order valence-corrected chi connectivity index (χ2v) is 23.0. The summed E-state index contributed by atoms with van der Waals surface area (Å²) >= 11 is 1.69. The normalized spacial score (nSPS) is 11.3. The van der Waals surface area contributed by atoms with Crippen molar-refractivity contribution in [3.8, 4) is 11.1 Å². The quantitative estimate of drug-likeness (QED) is 0.130. The van der Waals surface area contributed by atoms with E-state index in [0.29, 0.717) is 0 Å². The second kappa shape index (κ2) is 17.3. The van der Waals surface area contributed by atoms with Crippen molar-refractivity contribution in [2.45, 2.75) is 65.8 Å². The van der Waals surface area contributed by atoms with E-state index in [1.807, 2.05) is 0 Å². The molecule has 52 heavy (non-hydrogen) atoms. The minimum absolute atomic E-state index is 0. The van der Waals surface area contributed by atoms with Crippen LogP contribution in [0.5, 0.6) is 0 Å². The number of hydrogen-bond acceptors (Lipinski definition) is 0. The Morgan fingerprint density at radius 1 is 0.500 bits per heavy atom. The molecule has 8 rings (SSSR count). The van der Waals surface area contributed by atoms with Crippen molar-refractivity contribution in [2.24, 2.45) is 0 Å². The molecule has 0 heterocycles. The van der Waals surface area contributed by atoms with Gasteiger partial charge >= 0.3 is 70.8 Å². The van der Waals surface area contributed by atoms with E-state index in [1.54, 1.807) is 28.5 Å². The van der Waals surface area contributed by atoms with Gasteiger partial charge in [-0.05, 0) is 28.5 Å². The Hall–Kier alpha value is -3.26. The molecule has 0 atom stereocenters. The molecule has 0 fully saturated rings. The second-order valence-electron chi connectivity index (χ2n) is 15.6. The van der Waals surface area contributed by atoms with Gasteiger partial charge < -0.3 is 24.8 Å². The van der Waals surface area contributed by atoms with Gasteiger partial charge in [-0.3, -0.25) is 0 Å². The molecule has 0 aromatic heterocycles. The molecule has 8 aromatic rings. The van der Waals surface area contributed by atoms with E-state index < -0.39 is 0 Å². The molecule has 0 spiro atoms. The maximum atomic E-state index is 2.35. The molecule has 264 valence electrons. The zero-order chi connectivity index (χ0) is 35.6. The summed E-state index contributed by atoms with van der Waals surface area (Å²) in [5, 5.41) is 12.3. The molecule has 0 aliphatic rings. The van der Waals surface area contributed by atoms with Gasteiger partial charge in [-0.1, -0.05) is 143 Å². The van der Waals surface area contributed by atoms with E-state index in [9.17, 15) is 0 Å². The van der Waals surface area contributed by atoms with Crippen LogP contribution in [0.4, 0.5) is 0 Å². The van der Waals surface area contributed by atoms with Crippen molar-refractivity contribution in [1.29, 1.82) is 0 Å². The van der Waals surface area contributed by atoms with Crippen LogP contribution in [0.15, 0.2) is 146 Å². The van der Waals surface area contributed by atoms with Gasteiger partial charge in [-0.25, -0.2) is 0 Å². The molecular formula is C48H48Cl2SiZr-2. The summed E-state index contributed by atoms with van der Waals surface area (Å²) in [4.78, 5) is 0. The standard InChI is InChI=1S/C21H25.C20H15.C7H8Si.2ClH.Zr/c1-20(2,3)16-7-9-18-14(12-16)11-15-13-17(21(4,5)6)8-10-19(15)18;1-14-10-17-8-4-5-9-19(17)20(11-14)18-12-15-6-2-3-7-16(15)13-18;1-8-7-5-3-2-4-6-7;;;/h7-13H,1-6H3;2-13H,1H3;2-6H,1H3;2*1H;/q2*-1;;;;+2/p-2. The molecule has 0 saturated carbocycles. The van der Waals surface area contributed by atoms with E-state index in [1.165, 1.54) is 70.9 Å². The zero-order valence-corrected chi connectivity index (χ0v) is 36.6. The molecule has 0 amide bonds. The number of rotatable bonds is 2. The van der Waals surface area contributed by atoms with E-state index in [0.717, 1.165) is 0 Å². The number of halogens is 2. The Morgan fingerprint density at radius 2 is 1.02 bits per heavy atom. The average Bonchev–Trinajstić information content (AvgIpc) is 3.69. The molecule has 0 aliphatic heterocycles. The summed E-state index contributed by atoms with van der Waals surface area (Å²) in [7, 11) is 0. The molecule has 0 nitrogen and oxygen atoms in total. The molecule has 0 saturated heterocycles. The summed E-state index contributed by atoms with van der Waals surface area (Å²) in [6.45, 7) is 18.1. The Balaban J connectivity index is 0.000000184. The largest absolute Gasteiger partial charge is 1.00 e. The van der Waals surface area contributed by atoms with Crippen LogP contribution in [0.2, 0.25) is 6.55 Å². The predicted octanol–water partition coefficient (Wildman–Crippen LogP) is 7.06. The number of benzene rings is 6. The number of hydrogen-bond donors (Lipinski definition) is 0. The SMILES string of the molecule is CC(C)(C)c1ccc2c(c1)[cH-]c1cc(C(C)(C)C)ccc12.C[Si](=[Zr+2])c1ccccc1.Cc1cc(-c2cc3ccccc3[cH-]2)c2ccccc2c1.[Cl-].[Cl-]. The van der Waals surface area contributed by atoms with Crippen LogP contribution in [0.25, 0.3) is 54.2 Å². The van der Waals surface area contributed by atoms with Crippen molar-refractivity contribution in [2.75, 3.05) is 0 Å². The van der Waals surface area contributed by atoms with Crippen LogP contribution in [0.1, 0.15) is 58.2 Å². The molecule has 0 unspecified atom stereocenters. The fourth-order valence-electron chi connectivity index (χ4n) is 6.65. The fourth-order valence-corrected chi connectivity index (χ4v) is 8.57. The fraction of sp³-hybridized carbons (Fsp3) is 0.208. The zero-order valence-electron chi connectivity index (χ0n) is 31.6. The summed E-state index contributed by atoms with van der Waals surface area (Å²) in [5.41, 5.74) is 7.04. The molecule has 0 N–H and O–H groups in total. The van der Waals surface area contributed by atoms with Gasteiger partial charge in [0, 0.05) is 0 Å². The Morgan fingerprint density at radius 3 is 1.54 bits per heavy atom. The smallest absolute Gasteiger partial charge is 0.0250 e. The van der Waals surface area contributed by atoms with Crippen LogP contribution in [-0.2, 0) is 34.2 Å². The molecule has 4 heteroatoms. The molecule has 0 bridgehead atoms. The average molecular weight is 815 g/mol. The first-order valence-electron chi connectivity index (χ1n) is 17.7. The minimum Gasteiger partial charge on any atom is -1.00 e.